The Hall–Kier alpha value is -3.44. The molecule has 3 rings (SSSR count). The number of rotatable bonds is 9. The van der Waals surface area contributed by atoms with Crippen LogP contribution in [0.25, 0.3) is 11.2 Å². The molecule has 0 bridgehead atoms. The third-order valence-electron chi connectivity index (χ3n) is 4.81. The lowest BCUT2D eigenvalue weighted by molar-refractivity contribution is -0.000105. The Kier molecular flexibility index (Phi) is 7.11. The van der Waals surface area contributed by atoms with E-state index in [4.69, 9.17) is 4.74 Å². The van der Waals surface area contributed by atoms with Crippen molar-refractivity contribution in [2.45, 2.75) is 32.6 Å². The van der Waals surface area contributed by atoms with E-state index in [1.807, 2.05) is 57.1 Å². The first-order valence-corrected chi connectivity index (χ1v) is 10.2. The van der Waals surface area contributed by atoms with Crippen molar-refractivity contribution in [2.75, 3.05) is 31.0 Å². The van der Waals surface area contributed by atoms with Crippen LogP contribution in [-0.4, -0.2) is 63.3 Å². The van der Waals surface area contributed by atoms with Gasteiger partial charge in [0.25, 0.3) is 5.56 Å². The molecule has 3 N–H and O–H groups in total. The molecule has 0 aliphatic rings. The highest BCUT2D eigenvalue weighted by atomic mass is 16.5. The van der Waals surface area contributed by atoms with Gasteiger partial charge in [0.2, 0.25) is 5.95 Å². The average molecular weight is 444 g/mol. The summed E-state index contributed by atoms with van der Waals surface area (Å²) in [5.41, 5.74) is 3.92. The van der Waals surface area contributed by atoms with Crippen LogP contribution in [0.1, 0.15) is 19.4 Å². The van der Waals surface area contributed by atoms with Gasteiger partial charge in [-0.25, -0.2) is 10.2 Å². The zero-order valence-electron chi connectivity index (χ0n) is 18.9. The van der Waals surface area contributed by atoms with Gasteiger partial charge < -0.3 is 19.3 Å². The number of aliphatic hydroxyl groups excluding tert-OH is 1. The summed E-state index contributed by atoms with van der Waals surface area (Å²) in [6.45, 7) is 3.85. The molecule has 0 aliphatic carbocycles. The number of H-pyrrole nitrogens is 1. The molecule has 0 aliphatic heterocycles. The summed E-state index contributed by atoms with van der Waals surface area (Å²) in [4.78, 5) is 33.1. The van der Waals surface area contributed by atoms with E-state index in [0.29, 0.717) is 0 Å². The molecule has 0 radical (unpaired) electrons. The SMILES string of the molecule is CC(C)OC[C@H](O)Cn1c(N/N=C\c2ccc(N(C)C)cc2)nc2c1c(=O)[nH]c(=O)n2C. The summed E-state index contributed by atoms with van der Waals surface area (Å²) in [7, 11) is 5.44. The number of aromatic amines is 1. The zero-order valence-corrected chi connectivity index (χ0v) is 18.9. The maximum atomic E-state index is 12.5. The monoisotopic (exact) mass is 443 g/mol. The number of fused-ring (bicyclic) bond motifs is 1. The van der Waals surface area contributed by atoms with Crippen LogP contribution in [-0.2, 0) is 18.3 Å². The van der Waals surface area contributed by atoms with Crippen LogP contribution < -0.4 is 21.6 Å². The number of ether oxygens (including phenoxy) is 1. The van der Waals surface area contributed by atoms with Gasteiger partial charge in [0, 0.05) is 26.8 Å². The van der Waals surface area contributed by atoms with E-state index in [2.05, 4.69) is 20.5 Å². The molecule has 0 saturated carbocycles. The van der Waals surface area contributed by atoms with Crippen molar-refractivity contribution >= 4 is 29.0 Å². The van der Waals surface area contributed by atoms with Gasteiger partial charge in [0.15, 0.2) is 11.2 Å². The van der Waals surface area contributed by atoms with Gasteiger partial charge in [-0.3, -0.25) is 14.3 Å². The highest BCUT2D eigenvalue weighted by Crippen LogP contribution is 2.17. The van der Waals surface area contributed by atoms with Crippen LogP contribution in [0.5, 0.6) is 0 Å². The highest BCUT2D eigenvalue weighted by molar-refractivity contribution is 5.81. The molecule has 32 heavy (non-hydrogen) atoms. The van der Waals surface area contributed by atoms with Crippen LogP contribution in [0.15, 0.2) is 39.0 Å². The summed E-state index contributed by atoms with van der Waals surface area (Å²) in [5.74, 6) is 0.219. The molecule has 172 valence electrons. The molecule has 2 heterocycles. The molecule has 3 aromatic rings. The van der Waals surface area contributed by atoms with Crippen LogP contribution >= 0.6 is 0 Å². The Labute approximate surface area is 185 Å². The molecule has 0 amide bonds. The van der Waals surface area contributed by atoms with Crippen molar-refractivity contribution in [1.82, 2.24) is 19.1 Å². The number of anilines is 2. The van der Waals surface area contributed by atoms with Crippen LogP contribution in [0.3, 0.4) is 0 Å². The molecule has 2 aromatic heterocycles. The number of nitrogens with one attached hydrogen (secondary N) is 2. The van der Waals surface area contributed by atoms with Gasteiger partial charge in [0.05, 0.1) is 31.6 Å². The smallest absolute Gasteiger partial charge is 0.329 e. The van der Waals surface area contributed by atoms with E-state index in [1.54, 1.807) is 6.21 Å². The van der Waals surface area contributed by atoms with Gasteiger partial charge in [-0.1, -0.05) is 12.1 Å². The Morgan fingerprint density at radius 2 is 1.97 bits per heavy atom. The lowest BCUT2D eigenvalue weighted by atomic mass is 10.2. The zero-order chi connectivity index (χ0) is 23.4. The fraction of sp³-hybridized carbons (Fsp3) is 0.429. The maximum absolute atomic E-state index is 12.5. The molecule has 0 unspecified atom stereocenters. The summed E-state index contributed by atoms with van der Waals surface area (Å²) in [6, 6.07) is 7.78. The topological polar surface area (TPSA) is 130 Å². The minimum absolute atomic E-state index is 0.0277. The summed E-state index contributed by atoms with van der Waals surface area (Å²) < 4.78 is 8.19. The second kappa shape index (κ2) is 9.79. The lowest BCUT2D eigenvalue weighted by Crippen LogP contribution is -2.30. The first-order valence-electron chi connectivity index (χ1n) is 10.2. The Morgan fingerprint density at radius 3 is 2.59 bits per heavy atom. The van der Waals surface area contributed by atoms with Crippen molar-refractivity contribution < 1.29 is 9.84 Å². The molecule has 11 heteroatoms. The van der Waals surface area contributed by atoms with Crippen molar-refractivity contribution in [2.24, 2.45) is 12.1 Å². The second-order valence-corrected chi connectivity index (χ2v) is 7.93. The van der Waals surface area contributed by atoms with Crippen molar-refractivity contribution in [3.63, 3.8) is 0 Å². The predicted octanol–water partition coefficient (Wildman–Crippen LogP) is 0.721. The Balaban J connectivity index is 1.92. The van der Waals surface area contributed by atoms with Crippen molar-refractivity contribution in [3.05, 3.63) is 50.7 Å². The minimum atomic E-state index is -0.894. The van der Waals surface area contributed by atoms with E-state index < -0.39 is 17.4 Å². The fourth-order valence-electron chi connectivity index (χ4n) is 3.09. The van der Waals surface area contributed by atoms with Gasteiger partial charge in [0.1, 0.15) is 0 Å². The van der Waals surface area contributed by atoms with Gasteiger partial charge in [-0.15, -0.1) is 0 Å². The van der Waals surface area contributed by atoms with E-state index in [0.717, 1.165) is 11.3 Å². The standard InChI is InChI=1S/C21H29N7O4/c1-13(2)32-12-16(29)11-28-17-18(27(5)21(31)24-19(17)30)23-20(28)25-22-10-14-6-8-15(9-7-14)26(3)4/h6-10,13,16,29H,11-12H2,1-5H3,(H,23,25)(H,24,30,31)/b22-10-/t16-/m1/s1. The fourth-order valence-corrected chi connectivity index (χ4v) is 3.09. The van der Waals surface area contributed by atoms with Crippen LogP contribution in [0.4, 0.5) is 11.6 Å². The maximum Gasteiger partial charge on any atom is 0.329 e. The van der Waals surface area contributed by atoms with Crippen molar-refractivity contribution in [3.8, 4) is 0 Å². The number of imidazole rings is 1. The van der Waals surface area contributed by atoms with Crippen molar-refractivity contribution in [1.29, 1.82) is 0 Å². The number of benzene rings is 1. The third kappa shape index (κ3) is 5.24. The Bertz CT molecular complexity index is 1210. The molecular formula is C21H29N7O4. The van der Waals surface area contributed by atoms with Crippen LogP contribution in [0, 0.1) is 0 Å². The van der Waals surface area contributed by atoms with Gasteiger partial charge in [-0.2, -0.15) is 10.1 Å². The summed E-state index contributed by atoms with van der Waals surface area (Å²) in [5, 5.41) is 14.6. The first-order chi connectivity index (χ1) is 15.2. The Morgan fingerprint density at radius 1 is 1.28 bits per heavy atom. The first kappa shape index (κ1) is 23.2. The van der Waals surface area contributed by atoms with Gasteiger partial charge >= 0.3 is 5.69 Å². The number of aromatic nitrogens is 4. The molecule has 11 nitrogen and oxygen atoms in total. The number of hydrogen-bond donors (Lipinski definition) is 3. The molecule has 0 fully saturated rings. The second-order valence-electron chi connectivity index (χ2n) is 7.93. The normalized spacial score (nSPS) is 12.7. The minimum Gasteiger partial charge on any atom is -0.389 e. The summed E-state index contributed by atoms with van der Waals surface area (Å²) >= 11 is 0. The molecule has 0 saturated heterocycles. The number of hydrazone groups is 1. The molecular weight excluding hydrogens is 414 g/mol. The van der Waals surface area contributed by atoms with Crippen LogP contribution in [0.2, 0.25) is 0 Å². The average Bonchev–Trinajstić information content (AvgIpc) is 3.09. The molecule has 1 aromatic carbocycles. The highest BCUT2D eigenvalue weighted by Gasteiger charge is 2.19. The number of aliphatic hydroxyl groups is 1. The van der Waals surface area contributed by atoms with Gasteiger partial charge in [-0.05, 0) is 31.5 Å². The largest absolute Gasteiger partial charge is 0.389 e. The van der Waals surface area contributed by atoms with E-state index in [1.165, 1.54) is 16.2 Å². The lowest BCUT2D eigenvalue weighted by Gasteiger charge is -2.15. The van der Waals surface area contributed by atoms with E-state index >= 15 is 0 Å². The predicted molar refractivity (Wildman–Crippen MR) is 125 cm³/mol. The number of nitrogens with zero attached hydrogens (tertiary/aromatic N) is 5. The quantitative estimate of drug-likeness (QED) is 0.328. The number of hydrogen-bond acceptors (Lipinski definition) is 8. The molecule has 0 spiro atoms. The van der Waals surface area contributed by atoms with E-state index in [-0.39, 0.29) is 36.4 Å². The summed E-state index contributed by atoms with van der Waals surface area (Å²) in [6.07, 6.45) is 0.675. The third-order valence-corrected chi connectivity index (χ3v) is 4.81. The molecule has 1 atom stereocenters. The number of aryl methyl sites for hydroxylation is 1. The van der Waals surface area contributed by atoms with E-state index in [9.17, 15) is 14.7 Å².